The number of ketones is 2. The molecule has 2 unspecified atom stereocenters. The highest BCUT2D eigenvalue weighted by Gasteiger charge is 2.36. The molecule has 0 saturated carbocycles. The topological polar surface area (TPSA) is 34.1 Å². The fourth-order valence-electron chi connectivity index (χ4n) is 6.84. The smallest absolute Gasteiger partial charge is 0.193 e. The summed E-state index contributed by atoms with van der Waals surface area (Å²) in [5, 5.41) is 0. The van der Waals surface area contributed by atoms with Gasteiger partial charge in [-0.15, -0.1) is 0 Å². The predicted molar refractivity (Wildman–Crippen MR) is 168 cm³/mol. The van der Waals surface area contributed by atoms with Crippen molar-refractivity contribution < 1.29 is 54.9 Å². The lowest BCUT2D eigenvalue weighted by atomic mass is 9.94. The van der Waals surface area contributed by atoms with Gasteiger partial charge in [-0.1, -0.05) is 36.4 Å². The Morgan fingerprint density at radius 2 is 0.857 bits per heavy atom. The van der Waals surface area contributed by atoms with E-state index in [0.29, 0.717) is 24.4 Å². The van der Waals surface area contributed by atoms with Gasteiger partial charge in [-0.3, -0.25) is 9.59 Å². The van der Waals surface area contributed by atoms with Gasteiger partial charge in [-0.2, -0.15) is 0 Å². The number of nitrogens with zero attached hydrogens (tertiary/aromatic N) is 2. The second kappa shape index (κ2) is 17.3. The molecule has 2 heterocycles. The van der Waals surface area contributed by atoms with Crippen LogP contribution in [0.2, 0.25) is 0 Å². The van der Waals surface area contributed by atoms with Crippen LogP contribution in [-0.2, 0) is 22.4 Å². The zero-order valence-corrected chi connectivity index (χ0v) is 30.5. The molecule has 236 valence electrons. The molecule has 2 aromatic carbocycles. The third-order valence-corrected chi connectivity index (χ3v) is 10.5. The Labute approximate surface area is 280 Å². The summed E-state index contributed by atoms with van der Waals surface area (Å²) in [5.41, 5.74) is 7.43. The number of carbonyl (C=O) groups excluding carboxylic acids is 2. The molecule has 0 aliphatic carbocycles. The number of benzene rings is 2. The quantitative estimate of drug-likeness (QED) is 0.302. The molecule has 0 radical (unpaired) electrons. The van der Waals surface area contributed by atoms with E-state index in [1.807, 2.05) is 0 Å². The monoisotopic (exact) mass is 710 g/mol. The molecule has 2 saturated heterocycles. The second-order valence-electron chi connectivity index (χ2n) is 13.4. The van der Waals surface area contributed by atoms with Crippen molar-refractivity contribution in [2.24, 2.45) is 0 Å². The number of quaternary nitrogens is 2. The summed E-state index contributed by atoms with van der Waals surface area (Å²) in [5.74, 6) is 0.790. The van der Waals surface area contributed by atoms with E-state index in [2.05, 4.69) is 92.0 Å². The summed E-state index contributed by atoms with van der Waals surface area (Å²) in [6.45, 7) is 17.3. The van der Waals surface area contributed by atoms with Crippen LogP contribution in [0.4, 0.5) is 0 Å². The molecule has 2 atom stereocenters. The standard InChI is InChI=1S/2C18H28NO.ClH.HI/c2*1-14-9-8-10-15(2)17(14)13-18(20)16(3)19(4)11-6-5-7-12-19;;/h2*8-10,16H,5-7,11-13H2,1-4H3;2*1H/q2*+1;;/p-2. The van der Waals surface area contributed by atoms with Gasteiger partial charge in [-0.05, 0) is 113 Å². The van der Waals surface area contributed by atoms with Gasteiger partial charge in [0.05, 0.1) is 40.3 Å². The average molecular weight is 711 g/mol. The summed E-state index contributed by atoms with van der Waals surface area (Å²) >= 11 is 0. The Morgan fingerprint density at radius 3 is 1.12 bits per heavy atom. The van der Waals surface area contributed by atoms with Crippen molar-refractivity contribution in [1.29, 1.82) is 0 Å². The van der Waals surface area contributed by atoms with Crippen molar-refractivity contribution in [2.45, 2.75) is 105 Å². The summed E-state index contributed by atoms with van der Waals surface area (Å²) < 4.78 is 1.87. The first kappa shape index (κ1) is 38.7. The molecule has 2 fully saturated rings. The highest BCUT2D eigenvalue weighted by Crippen LogP contribution is 2.24. The summed E-state index contributed by atoms with van der Waals surface area (Å²) in [6.07, 6.45) is 8.88. The molecule has 4 rings (SSSR count). The number of likely N-dealkylation sites (N-methyl/N-ethyl adjacent to an activating group) is 2. The maximum absolute atomic E-state index is 12.7. The largest absolute Gasteiger partial charge is 1.00 e. The zero-order chi connectivity index (χ0) is 29.5. The first-order valence-corrected chi connectivity index (χ1v) is 15.7. The third-order valence-electron chi connectivity index (χ3n) is 10.5. The maximum atomic E-state index is 12.7. The Morgan fingerprint density at radius 1 is 0.595 bits per heavy atom. The minimum atomic E-state index is 0. The lowest BCUT2D eigenvalue weighted by molar-refractivity contribution is -0.927. The van der Waals surface area contributed by atoms with Gasteiger partial charge in [0.25, 0.3) is 0 Å². The number of rotatable bonds is 8. The van der Waals surface area contributed by atoms with Gasteiger partial charge < -0.3 is 45.3 Å². The average Bonchev–Trinajstić information content (AvgIpc) is 2.93. The number of Topliss-reactive ketones (excluding diaryl/α,β-unsaturated/α-hetero) is 2. The van der Waals surface area contributed by atoms with Crippen LogP contribution in [0, 0.1) is 27.7 Å². The number of halogens is 2. The van der Waals surface area contributed by atoms with E-state index in [9.17, 15) is 9.59 Å². The molecule has 42 heavy (non-hydrogen) atoms. The van der Waals surface area contributed by atoms with Crippen LogP contribution in [0.15, 0.2) is 36.4 Å². The van der Waals surface area contributed by atoms with E-state index in [1.54, 1.807) is 0 Å². The van der Waals surface area contributed by atoms with Crippen molar-refractivity contribution in [2.75, 3.05) is 40.3 Å². The summed E-state index contributed by atoms with van der Waals surface area (Å²) in [6, 6.07) is 12.8. The van der Waals surface area contributed by atoms with Crippen molar-refractivity contribution in [3.63, 3.8) is 0 Å². The van der Waals surface area contributed by atoms with Gasteiger partial charge >= 0.3 is 0 Å². The molecule has 0 spiro atoms. The van der Waals surface area contributed by atoms with E-state index in [1.165, 1.54) is 71.9 Å². The van der Waals surface area contributed by atoms with Gasteiger partial charge in [0, 0.05) is 12.8 Å². The van der Waals surface area contributed by atoms with E-state index >= 15 is 0 Å². The van der Waals surface area contributed by atoms with E-state index in [0.717, 1.165) is 35.1 Å². The first-order chi connectivity index (χ1) is 18.9. The number of hydrogen-bond donors (Lipinski definition) is 0. The number of hydrogen-bond acceptors (Lipinski definition) is 2. The molecule has 0 aromatic heterocycles. The number of aryl methyl sites for hydroxylation is 4. The first-order valence-electron chi connectivity index (χ1n) is 15.7. The highest BCUT2D eigenvalue weighted by molar-refractivity contribution is 5.86. The predicted octanol–water partition coefficient (Wildman–Crippen LogP) is 0.876. The third kappa shape index (κ3) is 9.87. The summed E-state index contributed by atoms with van der Waals surface area (Å²) in [4.78, 5) is 25.4. The van der Waals surface area contributed by atoms with Crippen LogP contribution in [0.25, 0.3) is 0 Å². The van der Waals surface area contributed by atoms with Crippen molar-refractivity contribution in [3.05, 3.63) is 69.8 Å². The van der Waals surface area contributed by atoms with Gasteiger partial charge in [0.1, 0.15) is 12.1 Å². The Balaban J connectivity index is 0.000000401. The molecular formula is C36H56ClIN2O2. The molecule has 0 bridgehead atoms. The van der Waals surface area contributed by atoms with Crippen molar-refractivity contribution in [3.8, 4) is 0 Å². The molecule has 6 heteroatoms. The molecule has 2 aromatic rings. The van der Waals surface area contributed by atoms with E-state index < -0.39 is 0 Å². The normalized spacial score (nSPS) is 18.7. The number of likely N-dealkylation sites (tertiary alicyclic amines) is 2. The molecule has 2 aliphatic rings. The Bertz CT molecular complexity index is 1040. The molecule has 4 nitrogen and oxygen atoms in total. The summed E-state index contributed by atoms with van der Waals surface area (Å²) in [7, 11) is 4.51. The van der Waals surface area contributed by atoms with E-state index in [-0.39, 0.29) is 48.5 Å². The van der Waals surface area contributed by atoms with Gasteiger partial charge in [0.15, 0.2) is 11.6 Å². The highest BCUT2D eigenvalue weighted by atomic mass is 127. The Hall–Kier alpha value is -1.28. The number of piperidine rings is 2. The lowest BCUT2D eigenvalue weighted by Crippen LogP contribution is -3.00. The van der Waals surface area contributed by atoms with Crippen LogP contribution < -0.4 is 36.4 Å². The fourth-order valence-corrected chi connectivity index (χ4v) is 6.84. The van der Waals surface area contributed by atoms with E-state index in [4.69, 9.17) is 0 Å². The van der Waals surface area contributed by atoms with Crippen LogP contribution in [0.3, 0.4) is 0 Å². The number of carbonyl (C=O) groups is 2. The second-order valence-corrected chi connectivity index (χ2v) is 13.4. The molecule has 0 N–H and O–H groups in total. The van der Waals surface area contributed by atoms with Crippen LogP contribution >= 0.6 is 0 Å². The van der Waals surface area contributed by atoms with Crippen molar-refractivity contribution >= 4 is 11.6 Å². The van der Waals surface area contributed by atoms with Crippen LogP contribution in [-0.4, -0.2) is 72.9 Å². The van der Waals surface area contributed by atoms with Gasteiger partial charge in [-0.25, -0.2) is 0 Å². The maximum Gasteiger partial charge on any atom is 0.193 e. The minimum absolute atomic E-state index is 0. The SMILES string of the molecule is Cc1cccc(C)c1CC(=O)C(C)[N+]1(C)CCCCC1.Cc1cccc(C)c1CC(=O)C(C)[N+]1(C)CCCCC1.[Cl-].[I-]. The van der Waals surface area contributed by atoms with Gasteiger partial charge in [0.2, 0.25) is 0 Å². The van der Waals surface area contributed by atoms with Crippen molar-refractivity contribution in [1.82, 2.24) is 0 Å². The Kier molecular flexibility index (Phi) is 15.9. The molecular weight excluding hydrogens is 655 g/mol. The van der Waals surface area contributed by atoms with Crippen LogP contribution in [0.5, 0.6) is 0 Å². The minimum Gasteiger partial charge on any atom is -1.00 e. The van der Waals surface area contributed by atoms with Crippen LogP contribution in [0.1, 0.15) is 85.8 Å². The fraction of sp³-hybridized carbons (Fsp3) is 0.611. The lowest BCUT2D eigenvalue weighted by Gasteiger charge is -2.42. The molecule has 2 aliphatic heterocycles. The molecule has 0 amide bonds. The zero-order valence-electron chi connectivity index (χ0n) is 27.6.